The van der Waals surface area contributed by atoms with Crippen LogP contribution in [0.1, 0.15) is 0 Å². The van der Waals surface area contributed by atoms with Crippen LogP contribution >= 0.6 is 58.2 Å². The van der Waals surface area contributed by atoms with Crippen LogP contribution in [0.4, 0.5) is 5.69 Å². The van der Waals surface area contributed by atoms with Gasteiger partial charge in [-0.05, 0) is 36.4 Å². The Bertz CT molecular complexity index is 956. The van der Waals surface area contributed by atoms with Gasteiger partial charge in [0, 0.05) is 41.8 Å². The zero-order valence-corrected chi connectivity index (χ0v) is 19.4. The molecule has 2 aromatic rings. The molecule has 30 heavy (non-hydrogen) atoms. The van der Waals surface area contributed by atoms with Gasteiger partial charge in [0.15, 0.2) is 10.1 Å². The van der Waals surface area contributed by atoms with Crippen molar-refractivity contribution in [3.8, 4) is 0 Å². The van der Waals surface area contributed by atoms with E-state index in [0.29, 0.717) is 36.2 Å². The van der Waals surface area contributed by atoms with Crippen LogP contribution < -0.4 is 4.90 Å². The number of nitrogens with zero attached hydrogens (tertiary/aromatic N) is 3. The highest BCUT2D eigenvalue weighted by Gasteiger charge is 2.31. The van der Waals surface area contributed by atoms with Gasteiger partial charge in [-0.1, -0.05) is 76.4 Å². The minimum Gasteiger partial charge on any atom is -0.368 e. The Balaban J connectivity index is 1.93. The fraction of sp³-hybridized carbons (Fsp3) is 0.200. The van der Waals surface area contributed by atoms with Crippen molar-refractivity contribution < 1.29 is 4.92 Å². The molecule has 1 aliphatic heterocycles. The molecule has 0 aliphatic carbocycles. The highest BCUT2D eigenvalue weighted by Crippen LogP contribution is 2.38. The number of nitro groups is 1. The first kappa shape index (κ1) is 23.1. The van der Waals surface area contributed by atoms with E-state index in [1.54, 1.807) is 24.3 Å². The molecule has 1 fully saturated rings. The highest BCUT2D eigenvalue weighted by atomic mass is 35.5. The first-order valence-electron chi connectivity index (χ1n) is 8.95. The number of hydrogen-bond donors (Lipinski definition) is 0. The number of para-hydroxylation sites is 1. The molecule has 5 nitrogen and oxygen atoms in total. The molecule has 0 N–H and O–H groups in total. The quantitative estimate of drug-likeness (QED) is 0.192. The Morgan fingerprint density at radius 2 is 1.53 bits per heavy atom. The summed E-state index contributed by atoms with van der Waals surface area (Å²) in [6.07, 6.45) is 0. The molecular weight excluding hydrogens is 488 g/mol. The standard InChI is InChI=1S/C20H17Cl4N3O2S/c21-14-6-8-16(9-7-14)30-20(18(27(28)29)17(22)19(23)24)26-12-10-25(11-13-26)15-4-2-1-3-5-15/h1-9H,10-13H2/b20-18-. The predicted octanol–water partition coefficient (Wildman–Crippen LogP) is 6.59. The summed E-state index contributed by atoms with van der Waals surface area (Å²) >= 11 is 24.9. The minimum atomic E-state index is -0.547. The van der Waals surface area contributed by atoms with Gasteiger partial charge < -0.3 is 9.80 Å². The smallest absolute Gasteiger partial charge is 0.320 e. The van der Waals surface area contributed by atoms with Crippen molar-refractivity contribution in [3.05, 3.63) is 90.0 Å². The summed E-state index contributed by atoms with van der Waals surface area (Å²) in [6, 6.07) is 17.1. The molecule has 3 rings (SSSR count). The van der Waals surface area contributed by atoms with Gasteiger partial charge in [0.1, 0.15) is 4.49 Å². The van der Waals surface area contributed by atoms with Crippen molar-refractivity contribution in [2.45, 2.75) is 4.90 Å². The maximum atomic E-state index is 11.9. The number of rotatable bonds is 6. The van der Waals surface area contributed by atoms with Crippen molar-refractivity contribution >= 4 is 63.9 Å². The van der Waals surface area contributed by atoms with Crippen LogP contribution in [-0.2, 0) is 0 Å². The molecule has 1 heterocycles. The predicted molar refractivity (Wildman–Crippen MR) is 126 cm³/mol. The van der Waals surface area contributed by atoms with Gasteiger partial charge >= 0.3 is 5.70 Å². The molecule has 0 atom stereocenters. The maximum Gasteiger partial charge on any atom is 0.320 e. The van der Waals surface area contributed by atoms with E-state index >= 15 is 0 Å². The molecule has 0 radical (unpaired) electrons. The average molecular weight is 505 g/mol. The van der Waals surface area contributed by atoms with Crippen molar-refractivity contribution in [2.24, 2.45) is 0 Å². The molecule has 1 aliphatic rings. The van der Waals surface area contributed by atoms with E-state index in [9.17, 15) is 10.1 Å². The normalized spacial score (nSPS) is 14.9. The Kier molecular flexibility index (Phi) is 8.20. The van der Waals surface area contributed by atoms with E-state index in [1.165, 1.54) is 11.8 Å². The van der Waals surface area contributed by atoms with Gasteiger partial charge in [0.2, 0.25) is 0 Å². The zero-order chi connectivity index (χ0) is 21.7. The lowest BCUT2D eigenvalue weighted by atomic mass is 10.2. The first-order chi connectivity index (χ1) is 14.4. The number of benzene rings is 2. The van der Waals surface area contributed by atoms with Gasteiger partial charge in [0.25, 0.3) is 0 Å². The molecule has 2 aromatic carbocycles. The molecule has 0 bridgehead atoms. The van der Waals surface area contributed by atoms with Crippen LogP contribution in [0.5, 0.6) is 0 Å². The van der Waals surface area contributed by atoms with E-state index in [-0.39, 0.29) is 15.2 Å². The highest BCUT2D eigenvalue weighted by molar-refractivity contribution is 8.03. The molecule has 0 amide bonds. The summed E-state index contributed by atoms with van der Waals surface area (Å²) in [7, 11) is 0. The van der Waals surface area contributed by atoms with Crippen LogP contribution in [0, 0.1) is 10.1 Å². The van der Waals surface area contributed by atoms with Crippen molar-refractivity contribution in [2.75, 3.05) is 31.1 Å². The fourth-order valence-electron chi connectivity index (χ4n) is 3.03. The van der Waals surface area contributed by atoms with Gasteiger partial charge in [-0.25, -0.2) is 0 Å². The summed E-state index contributed by atoms with van der Waals surface area (Å²) in [5.41, 5.74) is 0.800. The van der Waals surface area contributed by atoms with Gasteiger partial charge in [-0.15, -0.1) is 0 Å². The second kappa shape index (κ2) is 10.6. The third-order valence-electron chi connectivity index (χ3n) is 4.48. The SMILES string of the molecule is O=[N+]([O-])/C(C(Cl)=C(Cl)Cl)=C(\Sc1ccc(Cl)cc1)N1CCN(c2ccccc2)CC1. The molecule has 0 unspecified atom stereocenters. The van der Waals surface area contributed by atoms with Gasteiger partial charge in [0.05, 0.1) is 4.92 Å². The van der Waals surface area contributed by atoms with Gasteiger partial charge in [-0.3, -0.25) is 10.1 Å². The van der Waals surface area contributed by atoms with Crippen LogP contribution in [0.3, 0.4) is 0 Å². The summed E-state index contributed by atoms with van der Waals surface area (Å²) in [5.74, 6) is 0. The number of thioether (sulfide) groups is 1. The molecule has 10 heteroatoms. The summed E-state index contributed by atoms with van der Waals surface area (Å²) < 4.78 is -0.347. The fourth-order valence-corrected chi connectivity index (χ4v) is 4.63. The Hall–Kier alpha value is -1.57. The Morgan fingerprint density at radius 1 is 0.933 bits per heavy atom. The van der Waals surface area contributed by atoms with Crippen LogP contribution in [0.25, 0.3) is 0 Å². The molecular formula is C20H17Cl4N3O2S. The monoisotopic (exact) mass is 503 g/mol. The van der Waals surface area contributed by atoms with Crippen molar-refractivity contribution in [1.82, 2.24) is 4.90 Å². The van der Waals surface area contributed by atoms with Crippen molar-refractivity contribution in [3.63, 3.8) is 0 Å². The van der Waals surface area contributed by atoms with Crippen molar-refractivity contribution in [1.29, 1.82) is 0 Å². The second-order valence-corrected chi connectivity index (χ2v) is 9.18. The lowest BCUT2D eigenvalue weighted by Crippen LogP contribution is -2.46. The third kappa shape index (κ3) is 5.77. The van der Waals surface area contributed by atoms with E-state index in [0.717, 1.165) is 10.6 Å². The van der Waals surface area contributed by atoms with Crippen LogP contribution in [-0.4, -0.2) is 36.0 Å². The Labute approximate surface area is 199 Å². The van der Waals surface area contributed by atoms with E-state index in [1.807, 2.05) is 35.2 Å². The third-order valence-corrected chi connectivity index (χ3v) is 6.82. The zero-order valence-electron chi connectivity index (χ0n) is 15.6. The van der Waals surface area contributed by atoms with Crippen LogP contribution in [0.2, 0.25) is 5.02 Å². The lowest BCUT2D eigenvalue weighted by Gasteiger charge is -2.37. The summed E-state index contributed by atoms with van der Waals surface area (Å²) in [6.45, 7) is 2.56. The number of piperazine rings is 1. The molecule has 0 saturated carbocycles. The Morgan fingerprint density at radius 3 is 2.07 bits per heavy atom. The molecule has 1 saturated heterocycles. The topological polar surface area (TPSA) is 49.6 Å². The molecule has 158 valence electrons. The first-order valence-corrected chi connectivity index (χ1v) is 11.3. The van der Waals surface area contributed by atoms with Gasteiger partial charge in [-0.2, -0.15) is 0 Å². The number of anilines is 1. The summed E-state index contributed by atoms with van der Waals surface area (Å²) in [5, 5.41) is 12.6. The number of hydrogen-bond acceptors (Lipinski definition) is 5. The number of allylic oxidation sites excluding steroid dienone is 1. The van der Waals surface area contributed by atoms with Crippen LogP contribution in [0.15, 0.2) is 79.7 Å². The molecule has 0 spiro atoms. The van der Waals surface area contributed by atoms with E-state index in [4.69, 9.17) is 46.4 Å². The minimum absolute atomic E-state index is 0.287. The molecule has 0 aromatic heterocycles. The lowest BCUT2D eigenvalue weighted by molar-refractivity contribution is -0.421. The maximum absolute atomic E-state index is 11.9. The van der Waals surface area contributed by atoms with E-state index in [2.05, 4.69) is 4.90 Å². The number of halogens is 4. The largest absolute Gasteiger partial charge is 0.368 e. The summed E-state index contributed by atoms with van der Waals surface area (Å²) in [4.78, 5) is 16.3. The van der Waals surface area contributed by atoms with E-state index < -0.39 is 4.92 Å². The second-order valence-electron chi connectivity index (χ2n) is 6.35. The average Bonchev–Trinajstić information content (AvgIpc) is 2.75.